The fourth-order valence-corrected chi connectivity index (χ4v) is 3.74. The first kappa shape index (κ1) is 19.8. The molecule has 0 radical (unpaired) electrons. The smallest absolute Gasteiger partial charge is 0.224 e. The molecule has 4 rings (SSSR count). The number of hydrogen-bond donors (Lipinski definition) is 2. The molecule has 0 atom stereocenters. The first-order chi connectivity index (χ1) is 14.7. The van der Waals surface area contributed by atoms with Gasteiger partial charge in [0.15, 0.2) is 5.13 Å². The highest BCUT2D eigenvalue weighted by atomic mass is 32.1. The van der Waals surface area contributed by atoms with Crippen molar-refractivity contribution in [1.29, 1.82) is 0 Å². The number of anilines is 3. The molecule has 0 aliphatic carbocycles. The minimum absolute atomic E-state index is 0.0122. The molecule has 0 spiro atoms. The molecule has 30 heavy (non-hydrogen) atoms. The number of aryl methyl sites for hydroxylation is 1. The van der Waals surface area contributed by atoms with Crippen LogP contribution in [0.1, 0.15) is 12.0 Å². The molecule has 0 saturated carbocycles. The number of nitrogens with one attached hydrogen (secondary N) is 2. The third kappa shape index (κ3) is 5.30. The van der Waals surface area contributed by atoms with Gasteiger partial charge in [-0.1, -0.05) is 48.5 Å². The van der Waals surface area contributed by atoms with Crippen LogP contribution in [0, 0.1) is 5.82 Å². The highest BCUT2D eigenvalue weighted by molar-refractivity contribution is 7.14. The number of rotatable bonds is 7. The quantitative estimate of drug-likeness (QED) is 0.373. The first-order valence-corrected chi connectivity index (χ1v) is 10.5. The van der Waals surface area contributed by atoms with E-state index >= 15 is 0 Å². The van der Waals surface area contributed by atoms with Gasteiger partial charge in [-0.25, -0.2) is 9.37 Å². The van der Waals surface area contributed by atoms with Crippen LogP contribution < -0.4 is 10.6 Å². The summed E-state index contributed by atoms with van der Waals surface area (Å²) < 4.78 is 13.3. The lowest BCUT2D eigenvalue weighted by Crippen LogP contribution is -2.12. The predicted octanol–water partition coefficient (Wildman–Crippen LogP) is 6.26. The van der Waals surface area contributed by atoms with Crippen LogP contribution in [0.5, 0.6) is 0 Å². The number of thiazole rings is 1. The molecular formula is C24H20FN3OS. The minimum atomic E-state index is -0.293. The van der Waals surface area contributed by atoms with Crippen molar-refractivity contribution in [2.45, 2.75) is 12.8 Å². The Kier molecular flexibility index (Phi) is 6.15. The van der Waals surface area contributed by atoms with E-state index in [4.69, 9.17) is 0 Å². The van der Waals surface area contributed by atoms with Gasteiger partial charge in [-0.3, -0.25) is 4.79 Å². The zero-order chi connectivity index (χ0) is 20.8. The number of aromatic nitrogens is 1. The number of halogens is 1. The van der Waals surface area contributed by atoms with E-state index in [2.05, 4.69) is 15.6 Å². The topological polar surface area (TPSA) is 54.0 Å². The molecule has 0 bridgehead atoms. The van der Waals surface area contributed by atoms with Crippen LogP contribution >= 0.6 is 11.3 Å². The highest BCUT2D eigenvalue weighted by Gasteiger charge is 2.07. The first-order valence-electron chi connectivity index (χ1n) is 9.58. The molecule has 0 aliphatic heterocycles. The van der Waals surface area contributed by atoms with Crippen LogP contribution in [0.3, 0.4) is 0 Å². The van der Waals surface area contributed by atoms with E-state index in [1.165, 1.54) is 23.5 Å². The summed E-state index contributed by atoms with van der Waals surface area (Å²) in [5.41, 5.74) is 4.32. The van der Waals surface area contributed by atoms with Crippen molar-refractivity contribution in [3.05, 3.63) is 95.6 Å². The van der Waals surface area contributed by atoms with E-state index in [0.717, 1.165) is 22.5 Å². The molecule has 1 aromatic heterocycles. The Bertz CT molecular complexity index is 1130. The van der Waals surface area contributed by atoms with Gasteiger partial charge in [0.05, 0.1) is 5.69 Å². The van der Waals surface area contributed by atoms with Gasteiger partial charge in [-0.15, -0.1) is 11.3 Å². The number of carbonyl (C=O) groups is 1. The molecule has 2 N–H and O–H groups in total. The van der Waals surface area contributed by atoms with E-state index in [0.29, 0.717) is 23.7 Å². The SMILES string of the molecule is O=C(CCc1ccccc1)Nc1ccc(-c2csc(Nc3cccc(F)c3)n2)cc1. The average molecular weight is 418 g/mol. The summed E-state index contributed by atoms with van der Waals surface area (Å²) in [5, 5.41) is 8.67. The summed E-state index contributed by atoms with van der Waals surface area (Å²) in [5.74, 6) is -0.306. The number of amides is 1. The number of hydrogen-bond acceptors (Lipinski definition) is 4. The Hall–Kier alpha value is -3.51. The molecule has 0 fully saturated rings. The maximum absolute atomic E-state index is 13.3. The number of nitrogens with zero attached hydrogens (tertiary/aromatic N) is 1. The van der Waals surface area contributed by atoms with Crippen molar-refractivity contribution in [2.75, 3.05) is 10.6 Å². The lowest BCUT2D eigenvalue weighted by atomic mass is 10.1. The Labute approximate surface area is 178 Å². The maximum atomic E-state index is 13.3. The zero-order valence-electron chi connectivity index (χ0n) is 16.1. The third-order valence-corrected chi connectivity index (χ3v) is 5.29. The van der Waals surface area contributed by atoms with E-state index in [1.807, 2.05) is 60.0 Å². The van der Waals surface area contributed by atoms with Gasteiger partial charge in [-0.05, 0) is 42.3 Å². The Morgan fingerprint density at radius 1 is 0.933 bits per heavy atom. The molecule has 150 valence electrons. The molecule has 1 heterocycles. The van der Waals surface area contributed by atoms with Crippen LogP contribution in [0.25, 0.3) is 11.3 Å². The number of benzene rings is 3. The van der Waals surface area contributed by atoms with Crippen LogP contribution in [0.15, 0.2) is 84.2 Å². The second-order valence-electron chi connectivity index (χ2n) is 6.78. The van der Waals surface area contributed by atoms with Gasteiger partial charge < -0.3 is 10.6 Å². The van der Waals surface area contributed by atoms with E-state index < -0.39 is 0 Å². The fraction of sp³-hybridized carbons (Fsp3) is 0.0833. The van der Waals surface area contributed by atoms with Crippen molar-refractivity contribution >= 4 is 33.8 Å². The third-order valence-electron chi connectivity index (χ3n) is 4.53. The summed E-state index contributed by atoms with van der Waals surface area (Å²) in [6.07, 6.45) is 1.15. The Morgan fingerprint density at radius 3 is 2.50 bits per heavy atom. The van der Waals surface area contributed by atoms with Gasteiger partial charge >= 0.3 is 0 Å². The van der Waals surface area contributed by atoms with Crippen molar-refractivity contribution in [1.82, 2.24) is 4.98 Å². The molecule has 0 unspecified atom stereocenters. The summed E-state index contributed by atoms with van der Waals surface area (Å²) in [7, 11) is 0. The summed E-state index contributed by atoms with van der Waals surface area (Å²) in [6, 6.07) is 23.8. The van der Waals surface area contributed by atoms with E-state index in [1.54, 1.807) is 12.1 Å². The zero-order valence-corrected chi connectivity index (χ0v) is 17.0. The summed E-state index contributed by atoms with van der Waals surface area (Å²) >= 11 is 1.45. The fourth-order valence-electron chi connectivity index (χ4n) is 3.00. The van der Waals surface area contributed by atoms with Crippen LogP contribution in [-0.2, 0) is 11.2 Å². The molecule has 3 aromatic carbocycles. The summed E-state index contributed by atoms with van der Waals surface area (Å²) in [6.45, 7) is 0. The predicted molar refractivity (Wildman–Crippen MR) is 121 cm³/mol. The summed E-state index contributed by atoms with van der Waals surface area (Å²) in [4.78, 5) is 16.7. The average Bonchev–Trinajstić information content (AvgIpc) is 3.22. The molecule has 4 aromatic rings. The van der Waals surface area contributed by atoms with Crippen molar-refractivity contribution in [3.63, 3.8) is 0 Å². The van der Waals surface area contributed by atoms with Crippen molar-refractivity contribution in [3.8, 4) is 11.3 Å². The number of carbonyl (C=O) groups excluding carboxylic acids is 1. The molecule has 1 amide bonds. The van der Waals surface area contributed by atoms with Crippen LogP contribution in [-0.4, -0.2) is 10.9 Å². The van der Waals surface area contributed by atoms with E-state index in [-0.39, 0.29) is 11.7 Å². The van der Waals surface area contributed by atoms with E-state index in [9.17, 15) is 9.18 Å². The highest BCUT2D eigenvalue weighted by Crippen LogP contribution is 2.28. The molecule has 0 saturated heterocycles. The van der Waals surface area contributed by atoms with Gasteiger partial charge in [-0.2, -0.15) is 0 Å². The largest absolute Gasteiger partial charge is 0.331 e. The van der Waals surface area contributed by atoms with Crippen molar-refractivity contribution < 1.29 is 9.18 Å². The normalized spacial score (nSPS) is 10.6. The van der Waals surface area contributed by atoms with Crippen LogP contribution in [0.4, 0.5) is 20.9 Å². The lowest BCUT2D eigenvalue weighted by Gasteiger charge is -2.06. The van der Waals surface area contributed by atoms with Gasteiger partial charge in [0.2, 0.25) is 5.91 Å². The van der Waals surface area contributed by atoms with Gasteiger partial charge in [0.25, 0.3) is 0 Å². The van der Waals surface area contributed by atoms with Crippen LogP contribution in [0.2, 0.25) is 0 Å². The van der Waals surface area contributed by atoms with Gasteiger partial charge in [0, 0.05) is 28.7 Å². The molecule has 0 aliphatic rings. The molecule has 4 nitrogen and oxygen atoms in total. The lowest BCUT2D eigenvalue weighted by molar-refractivity contribution is -0.116. The molecule has 6 heteroatoms. The minimum Gasteiger partial charge on any atom is -0.331 e. The second-order valence-corrected chi connectivity index (χ2v) is 7.64. The monoisotopic (exact) mass is 417 g/mol. The van der Waals surface area contributed by atoms with Gasteiger partial charge in [0.1, 0.15) is 5.82 Å². The van der Waals surface area contributed by atoms with Crippen molar-refractivity contribution in [2.24, 2.45) is 0 Å². The molecular weight excluding hydrogens is 397 g/mol. The second kappa shape index (κ2) is 9.33. The maximum Gasteiger partial charge on any atom is 0.224 e. The Balaban J connectivity index is 1.34. The standard InChI is InChI=1S/C24H20FN3OS/c25-19-7-4-8-21(15-19)27-24-28-22(16-30-24)18-10-12-20(13-11-18)26-23(29)14-9-17-5-2-1-3-6-17/h1-8,10-13,15-16H,9,14H2,(H,26,29)(H,27,28). The Morgan fingerprint density at radius 2 is 1.73 bits per heavy atom.